The third-order valence-corrected chi connectivity index (χ3v) is 5.13. The van der Waals surface area contributed by atoms with Crippen LogP contribution in [0.4, 0.5) is 0 Å². The third-order valence-electron chi connectivity index (χ3n) is 5.13. The fraction of sp³-hybridized carbons (Fsp3) is 0.864. The lowest BCUT2D eigenvalue weighted by Gasteiger charge is -2.13. The number of carbonyl (C=O) groups excluding carboxylic acids is 1. The summed E-state index contributed by atoms with van der Waals surface area (Å²) in [6.45, 7) is 0.242. The number of amides is 1. The van der Waals surface area contributed by atoms with Crippen LogP contribution in [-0.2, 0) is 14.4 Å². The number of hydrogen-bond donors (Lipinski definition) is 4. The van der Waals surface area contributed by atoms with Gasteiger partial charge in [-0.25, -0.2) is 4.79 Å². The summed E-state index contributed by atoms with van der Waals surface area (Å²) in [7, 11) is 0. The number of nitrogens with one attached hydrogen (secondary N) is 1. The van der Waals surface area contributed by atoms with Crippen molar-refractivity contribution in [3.05, 3.63) is 0 Å². The molecule has 1 amide bonds. The predicted octanol–water partition coefficient (Wildman–Crippen LogP) is 4.23. The van der Waals surface area contributed by atoms with E-state index >= 15 is 0 Å². The minimum Gasteiger partial charge on any atom is -0.481 e. The molecule has 0 unspecified atom stereocenters. The van der Waals surface area contributed by atoms with Crippen molar-refractivity contribution in [2.75, 3.05) is 6.54 Å². The molecule has 5 N–H and O–H groups in total. The van der Waals surface area contributed by atoms with Gasteiger partial charge >= 0.3 is 11.9 Å². The Morgan fingerprint density at radius 3 is 1.38 bits per heavy atom. The summed E-state index contributed by atoms with van der Waals surface area (Å²) in [4.78, 5) is 33.1. The molecule has 0 aliphatic heterocycles. The molecule has 0 aliphatic carbocycles. The average molecular weight is 415 g/mol. The van der Waals surface area contributed by atoms with E-state index in [1.165, 1.54) is 51.4 Å². The minimum atomic E-state index is -1.03. The molecular weight excluding hydrogens is 372 g/mol. The zero-order chi connectivity index (χ0) is 21.7. The second-order valence-corrected chi connectivity index (χ2v) is 7.88. The maximum absolute atomic E-state index is 11.8. The van der Waals surface area contributed by atoms with E-state index in [2.05, 4.69) is 5.32 Å². The van der Waals surface area contributed by atoms with Crippen LogP contribution in [0.15, 0.2) is 0 Å². The molecule has 0 saturated carbocycles. The number of carboxylic acids is 2. The summed E-state index contributed by atoms with van der Waals surface area (Å²) >= 11 is 0. The van der Waals surface area contributed by atoms with Crippen molar-refractivity contribution < 1.29 is 24.6 Å². The van der Waals surface area contributed by atoms with Crippen molar-refractivity contribution in [1.82, 2.24) is 5.32 Å². The molecule has 0 fully saturated rings. The van der Waals surface area contributed by atoms with Crippen LogP contribution in [0.25, 0.3) is 0 Å². The second-order valence-electron chi connectivity index (χ2n) is 7.88. The van der Waals surface area contributed by atoms with Gasteiger partial charge in [-0.05, 0) is 25.8 Å². The largest absolute Gasteiger partial charge is 0.481 e. The Hall–Kier alpha value is -1.63. The van der Waals surface area contributed by atoms with Gasteiger partial charge in [0.1, 0.15) is 6.04 Å². The van der Waals surface area contributed by atoms with Gasteiger partial charge in [0.25, 0.3) is 0 Å². The Bertz CT molecular complexity index is 443. The normalized spacial score (nSPS) is 11.9. The van der Waals surface area contributed by atoms with Gasteiger partial charge in [-0.2, -0.15) is 0 Å². The molecule has 7 nitrogen and oxygen atoms in total. The van der Waals surface area contributed by atoms with Crippen LogP contribution in [0.3, 0.4) is 0 Å². The third kappa shape index (κ3) is 19.5. The molecule has 170 valence electrons. The molecule has 0 saturated heterocycles. The standard InChI is InChI=1S/C22H42N2O5/c23-18-17-19(22(28)29)24-20(25)15-13-11-9-7-5-3-1-2-4-6-8-10-12-14-16-21(26)27/h19H,1-18,23H2,(H,24,25)(H,26,27)(H,28,29)/t19-/m0/s1. The Labute approximate surface area is 175 Å². The van der Waals surface area contributed by atoms with E-state index in [4.69, 9.17) is 15.9 Å². The number of carbonyl (C=O) groups is 3. The molecule has 0 rings (SSSR count). The van der Waals surface area contributed by atoms with Gasteiger partial charge in [0, 0.05) is 12.8 Å². The van der Waals surface area contributed by atoms with Gasteiger partial charge in [-0.3, -0.25) is 9.59 Å². The van der Waals surface area contributed by atoms with Crippen LogP contribution in [0.2, 0.25) is 0 Å². The fourth-order valence-electron chi connectivity index (χ4n) is 3.37. The molecule has 0 aromatic rings. The molecule has 0 spiro atoms. The first-order valence-corrected chi connectivity index (χ1v) is 11.4. The molecule has 29 heavy (non-hydrogen) atoms. The van der Waals surface area contributed by atoms with E-state index in [-0.39, 0.29) is 18.9 Å². The molecule has 7 heteroatoms. The number of carboxylic acid groups (broad SMARTS) is 2. The zero-order valence-electron chi connectivity index (χ0n) is 18.0. The van der Waals surface area contributed by atoms with E-state index < -0.39 is 18.0 Å². The van der Waals surface area contributed by atoms with Crippen LogP contribution in [0, 0.1) is 0 Å². The van der Waals surface area contributed by atoms with E-state index in [0.29, 0.717) is 12.8 Å². The maximum Gasteiger partial charge on any atom is 0.326 e. The maximum atomic E-state index is 11.8. The van der Waals surface area contributed by atoms with Crippen molar-refractivity contribution in [3.63, 3.8) is 0 Å². The highest BCUT2D eigenvalue weighted by Crippen LogP contribution is 2.13. The van der Waals surface area contributed by atoms with E-state index in [9.17, 15) is 14.4 Å². The second kappa shape index (κ2) is 19.7. The van der Waals surface area contributed by atoms with E-state index in [1.807, 2.05) is 0 Å². The molecule has 0 aromatic carbocycles. The lowest BCUT2D eigenvalue weighted by atomic mass is 10.0. The Morgan fingerprint density at radius 2 is 1.03 bits per heavy atom. The minimum absolute atomic E-state index is 0.201. The summed E-state index contributed by atoms with van der Waals surface area (Å²) in [5.74, 6) is -1.92. The highest BCUT2D eigenvalue weighted by molar-refractivity contribution is 5.83. The van der Waals surface area contributed by atoms with Crippen LogP contribution >= 0.6 is 0 Å². The lowest BCUT2D eigenvalue weighted by molar-refractivity contribution is -0.142. The van der Waals surface area contributed by atoms with Crippen molar-refractivity contribution in [2.45, 2.75) is 115 Å². The Balaban J connectivity index is 3.32. The number of hydrogen-bond acceptors (Lipinski definition) is 4. The first-order valence-electron chi connectivity index (χ1n) is 11.4. The molecule has 0 aromatic heterocycles. The van der Waals surface area contributed by atoms with Gasteiger partial charge in [0.15, 0.2) is 0 Å². The number of unbranched alkanes of at least 4 members (excludes halogenated alkanes) is 13. The summed E-state index contributed by atoms with van der Waals surface area (Å²) in [5.41, 5.74) is 5.36. The van der Waals surface area contributed by atoms with Gasteiger partial charge in [-0.15, -0.1) is 0 Å². The van der Waals surface area contributed by atoms with Gasteiger partial charge in [0.2, 0.25) is 5.91 Å². The topological polar surface area (TPSA) is 130 Å². The molecular formula is C22H42N2O5. The summed E-state index contributed by atoms with van der Waals surface area (Å²) < 4.78 is 0. The summed E-state index contributed by atoms with van der Waals surface area (Å²) in [6, 6.07) is -0.871. The van der Waals surface area contributed by atoms with Crippen LogP contribution in [0.1, 0.15) is 109 Å². The highest BCUT2D eigenvalue weighted by Gasteiger charge is 2.18. The van der Waals surface area contributed by atoms with Crippen molar-refractivity contribution >= 4 is 17.8 Å². The molecule has 0 radical (unpaired) electrons. The Morgan fingerprint density at radius 1 is 0.655 bits per heavy atom. The number of rotatable bonds is 21. The summed E-state index contributed by atoms with van der Waals surface area (Å²) in [6.07, 6.45) is 16.8. The van der Waals surface area contributed by atoms with Crippen LogP contribution < -0.4 is 11.1 Å². The van der Waals surface area contributed by atoms with Crippen LogP contribution in [-0.4, -0.2) is 40.6 Å². The van der Waals surface area contributed by atoms with Gasteiger partial charge < -0.3 is 21.3 Å². The molecule has 1 atom stereocenters. The van der Waals surface area contributed by atoms with Crippen LogP contribution in [0.5, 0.6) is 0 Å². The Kier molecular flexibility index (Phi) is 18.6. The first-order chi connectivity index (χ1) is 14.0. The zero-order valence-corrected chi connectivity index (χ0v) is 18.0. The first kappa shape index (κ1) is 27.4. The fourth-order valence-corrected chi connectivity index (χ4v) is 3.37. The highest BCUT2D eigenvalue weighted by atomic mass is 16.4. The SMILES string of the molecule is NCC[C@H](NC(=O)CCCCCCCCCCCCCCCCC(=O)O)C(=O)O. The quantitative estimate of drug-likeness (QED) is 0.208. The van der Waals surface area contributed by atoms with E-state index in [1.54, 1.807) is 0 Å². The predicted molar refractivity (Wildman–Crippen MR) is 115 cm³/mol. The van der Waals surface area contributed by atoms with E-state index in [0.717, 1.165) is 38.5 Å². The molecule has 0 bridgehead atoms. The summed E-state index contributed by atoms with van der Waals surface area (Å²) in [5, 5.41) is 20.1. The van der Waals surface area contributed by atoms with Gasteiger partial charge in [0.05, 0.1) is 0 Å². The average Bonchev–Trinajstić information content (AvgIpc) is 2.67. The molecule has 0 heterocycles. The van der Waals surface area contributed by atoms with Crippen molar-refractivity contribution in [2.24, 2.45) is 5.73 Å². The number of nitrogens with two attached hydrogens (primary N) is 1. The smallest absolute Gasteiger partial charge is 0.326 e. The van der Waals surface area contributed by atoms with Crippen molar-refractivity contribution in [3.8, 4) is 0 Å². The monoisotopic (exact) mass is 414 g/mol. The lowest BCUT2D eigenvalue weighted by Crippen LogP contribution is -2.41. The van der Waals surface area contributed by atoms with Crippen molar-refractivity contribution in [1.29, 1.82) is 0 Å². The molecule has 0 aliphatic rings. The number of aliphatic carboxylic acids is 2. The van der Waals surface area contributed by atoms with Gasteiger partial charge in [-0.1, -0.05) is 77.0 Å².